The number of rotatable bonds is 4. The van der Waals surface area contributed by atoms with Crippen LogP contribution in [0, 0.1) is 0 Å². The summed E-state index contributed by atoms with van der Waals surface area (Å²) in [5.74, 6) is 2.74. The largest absolute Gasteiger partial charge is 0.456 e. The molecule has 0 saturated carbocycles. The lowest BCUT2D eigenvalue weighted by Crippen LogP contribution is -2.25. The third-order valence-corrected chi connectivity index (χ3v) is 12.5. The van der Waals surface area contributed by atoms with Crippen molar-refractivity contribution in [3.05, 3.63) is 222 Å². The number of hydrogen-bond donors (Lipinski definition) is 0. The van der Waals surface area contributed by atoms with E-state index in [1.165, 1.54) is 44.5 Å². The van der Waals surface area contributed by atoms with Crippen LogP contribution in [-0.2, 0) is 5.41 Å². The van der Waals surface area contributed by atoms with Gasteiger partial charge in [0.15, 0.2) is 23.0 Å². The molecule has 3 aliphatic rings. The quantitative estimate of drug-likeness (QED) is 0.179. The minimum atomic E-state index is -0.482. The molecule has 0 saturated heterocycles. The van der Waals surface area contributed by atoms with Crippen molar-refractivity contribution in [2.75, 3.05) is 4.90 Å². The van der Waals surface area contributed by atoms with Crippen LogP contribution in [0.15, 0.2) is 205 Å². The van der Waals surface area contributed by atoms with Crippen LogP contribution in [0.5, 0.6) is 23.0 Å². The molecule has 276 valence electrons. The Balaban J connectivity index is 0.937. The van der Waals surface area contributed by atoms with Crippen LogP contribution in [0.2, 0.25) is 0 Å². The van der Waals surface area contributed by atoms with Crippen molar-refractivity contribution in [1.29, 1.82) is 0 Å². The first-order valence-electron chi connectivity index (χ1n) is 20.1. The summed E-state index contributed by atoms with van der Waals surface area (Å²) in [6.45, 7) is 0. The van der Waals surface area contributed by atoms with Gasteiger partial charge in [-0.2, -0.15) is 0 Å². The van der Waals surface area contributed by atoms with Gasteiger partial charge >= 0.3 is 0 Å². The van der Waals surface area contributed by atoms with Crippen LogP contribution in [0.25, 0.3) is 55.3 Å². The van der Waals surface area contributed by atoms with Gasteiger partial charge in [-0.05, 0) is 122 Å². The number of ether oxygens (including phenoxy) is 2. The summed E-state index contributed by atoms with van der Waals surface area (Å²) in [6.07, 6.45) is 0. The Kier molecular flexibility index (Phi) is 6.62. The molecule has 4 heteroatoms. The van der Waals surface area contributed by atoms with Crippen molar-refractivity contribution in [2.24, 2.45) is 0 Å². The molecule has 13 rings (SSSR count). The molecular formula is C55H33NO3. The summed E-state index contributed by atoms with van der Waals surface area (Å²) < 4.78 is 20.1. The van der Waals surface area contributed by atoms with Crippen LogP contribution >= 0.6 is 0 Å². The molecule has 10 aromatic rings. The smallest absolute Gasteiger partial charge is 0.194 e. The zero-order chi connectivity index (χ0) is 38.7. The monoisotopic (exact) mass is 755 g/mol. The highest BCUT2D eigenvalue weighted by molar-refractivity contribution is 6.06. The van der Waals surface area contributed by atoms with Gasteiger partial charge < -0.3 is 18.8 Å². The number of benzene rings is 9. The van der Waals surface area contributed by atoms with Crippen LogP contribution in [0.3, 0.4) is 0 Å². The number of nitrogens with zero attached hydrogens (tertiary/aromatic N) is 1. The van der Waals surface area contributed by atoms with Crippen LogP contribution in [0.1, 0.15) is 22.3 Å². The molecule has 9 aromatic carbocycles. The molecule has 0 N–H and O–H groups in total. The molecule has 0 amide bonds. The molecule has 1 aromatic heterocycles. The molecule has 0 bridgehead atoms. The first-order valence-corrected chi connectivity index (χ1v) is 20.1. The van der Waals surface area contributed by atoms with Crippen molar-refractivity contribution < 1.29 is 13.9 Å². The molecule has 2 heterocycles. The maximum Gasteiger partial charge on any atom is 0.194 e. The Morgan fingerprint density at radius 2 is 0.949 bits per heavy atom. The van der Waals surface area contributed by atoms with E-state index >= 15 is 0 Å². The summed E-state index contributed by atoms with van der Waals surface area (Å²) in [7, 11) is 0. The van der Waals surface area contributed by atoms with E-state index in [0.717, 1.165) is 50.1 Å². The predicted molar refractivity (Wildman–Crippen MR) is 237 cm³/mol. The van der Waals surface area contributed by atoms with E-state index in [1.54, 1.807) is 0 Å². The highest BCUT2D eigenvalue weighted by atomic mass is 16.6. The van der Waals surface area contributed by atoms with Gasteiger partial charge in [0, 0.05) is 22.1 Å². The van der Waals surface area contributed by atoms with Gasteiger partial charge in [-0.25, -0.2) is 0 Å². The second kappa shape index (κ2) is 12.1. The zero-order valence-electron chi connectivity index (χ0n) is 31.7. The molecule has 0 atom stereocenters. The molecule has 0 unspecified atom stereocenters. The number of anilines is 3. The fourth-order valence-electron chi connectivity index (χ4n) is 10.1. The Morgan fingerprint density at radius 3 is 1.69 bits per heavy atom. The molecule has 4 nitrogen and oxygen atoms in total. The van der Waals surface area contributed by atoms with Gasteiger partial charge in [0.2, 0.25) is 0 Å². The van der Waals surface area contributed by atoms with E-state index in [2.05, 4.69) is 175 Å². The minimum absolute atomic E-state index is 0.482. The lowest BCUT2D eigenvalue weighted by Gasteiger charge is -2.32. The Hall–Kier alpha value is -7.82. The second-order valence-electron chi connectivity index (χ2n) is 15.6. The third kappa shape index (κ3) is 4.48. The molecule has 0 fully saturated rings. The molecule has 59 heavy (non-hydrogen) atoms. The van der Waals surface area contributed by atoms with E-state index in [0.29, 0.717) is 23.0 Å². The van der Waals surface area contributed by atoms with Crippen molar-refractivity contribution in [3.63, 3.8) is 0 Å². The van der Waals surface area contributed by atoms with Gasteiger partial charge in [-0.3, -0.25) is 0 Å². The topological polar surface area (TPSA) is 34.8 Å². The molecule has 2 aliphatic carbocycles. The number of hydrogen-bond acceptors (Lipinski definition) is 4. The normalized spacial score (nSPS) is 13.5. The maximum absolute atomic E-state index is 7.12. The summed E-state index contributed by atoms with van der Waals surface area (Å²) in [4.78, 5) is 2.25. The lowest BCUT2D eigenvalue weighted by atomic mass is 9.70. The summed E-state index contributed by atoms with van der Waals surface area (Å²) in [5.41, 5.74) is 16.5. The standard InChI is InChI=1S/C55H33NO3/c1-2-13-36(14-3-1)56(37-28-25-34(26-29-37)35-27-30-50-43(31-35)41-18-7-11-23-49(41)57-50)48-22-12-24-51-54(48)59-53-33-47-42(32-52(53)58-51)40-17-6-10-21-46(40)55(47)44-19-8-4-15-38(44)39-16-5-9-20-45(39)55/h1-33H. The van der Waals surface area contributed by atoms with Crippen molar-refractivity contribution in [2.45, 2.75) is 5.41 Å². The average Bonchev–Trinajstić information content (AvgIpc) is 3.92. The fourth-order valence-corrected chi connectivity index (χ4v) is 10.1. The number of furan rings is 1. The van der Waals surface area contributed by atoms with Gasteiger partial charge in [0.1, 0.15) is 11.2 Å². The first-order chi connectivity index (χ1) is 29.2. The zero-order valence-corrected chi connectivity index (χ0v) is 31.7. The minimum Gasteiger partial charge on any atom is -0.456 e. The first kappa shape index (κ1) is 32.3. The van der Waals surface area contributed by atoms with Crippen molar-refractivity contribution in [3.8, 4) is 56.4 Å². The van der Waals surface area contributed by atoms with Gasteiger partial charge in [-0.15, -0.1) is 0 Å². The molecular weight excluding hydrogens is 723 g/mol. The summed E-state index contributed by atoms with van der Waals surface area (Å²) >= 11 is 0. The van der Waals surface area contributed by atoms with Crippen LogP contribution in [0.4, 0.5) is 17.1 Å². The highest BCUT2D eigenvalue weighted by Crippen LogP contribution is 2.65. The Labute approximate surface area is 340 Å². The van der Waals surface area contributed by atoms with Crippen LogP contribution < -0.4 is 14.4 Å². The lowest BCUT2D eigenvalue weighted by molar-refractivity contribution is 0.360. The summed E-state index contributed by atoms with van der Waals surface area (Å²) in [6, 6.07) is 71.0. The van der Waals surface area contributed by atoms with Gasteiger partial charge in [0.05, 0.1) is 11.1 Å². The second-order valence-corrected chi connectivity index (χ2v) is 15.6. The van der Waals surface area contributed by atoms with Crippen LogP contribution in [-0.4, -0.2) is 0 Å². The van der Waals surface area contributed by atoms with Crippen molar-refractivity contribution >= 4 is 39.0 Å². The fraction of sp³-hybridized carbons (Fsp3) is 0.0182. The predicted octanol–water partition coefficient (Wildman–Crippen LogP) is 15.0. The molecule has 1 aliphatic heterocycles. The Morgan fingerprint density at radius 1 is 0.356 bits per heavy atom. The summed E-state index contributed by atoms with van der Waals surface area (Å²) in [5, 5.41) is 2.24. The maximum atomic E-state index is 7.12. The number of fused-ring (bicyclic) bond motifs is 15. The molecule has 0 radical (unpaired) electrons. The Bertz CT molecular complexity index is 3300. The van der Waals surface area contributed by atoms with E-state index in [1.807, 2.05) is 30.3 Å². The number of para-hydroxylation sites is 3. The van der Waals surface area contributed by atoms with E-state index in [-0.39, 0.29) is 0 Å². The van der Waals surface area contributed by atoms with Gasteiger partial charge in [-0.1, -0.05) is 133 Å². The van der Waals surface area contributed by atoms with Crippen molar-refractivity contribution in [1.82, 2.24) is 0 Å². The molecule has 1 spiro atoms. The van der Waals surface area contributed by atoms with E-state index < -0.39 is 5.41 Å². The third-order valence-electron chi connectivity index (χ3n) is 12.5. The highest BCUT2D eigenvalue weighted by Gasteiger charge is 2.52. The average molecular weight is 756 g/mol. The van der Waals surface area contributed by atoms with E-state index in [4.69, 9.17) is 13.9 Å². The SMILES string of the molecule is c1ccc(N(c2ccc(-c3ccc4oc5ccccc5c4c3)cc2)c2cccc3c2Oc2cc4c(cc2O3)-c2ccccc2C42c3ccccc3-c3ccccc32)cc1. The van der Waals surface area contributed by atoms with Gasteiger partial charge in [0.25, 0.3) is 0 Å². The van der Waals surface area contributed by atoms with E-state index in [9.17, 15) is 0 Å².